The van der Waals surface area contributed by atoms with Crippen molar-refractivity contribution >= 4 is 6.09 Å². The van der Waals surface area contributed by atoms with Gasteiger partial charge < -0.3 is 10.5 Å². The van der Waals surface area contributed by atoms with Crippen molar-refractivity contribution in [1.82, 2.24) is 0 Å². The summed E-state index contributed by atoms with van der Waals surface area (Å²) in [4.78, 5) is 10.4. The lowest BCUT2D eigenvalue weighted by molar-refractivity contribution is 0.154. The van der Waals surface area contributed by atoms with Crippen LogP contribution >= 0.6 is 0 Å². The van der Waals surface area contributed by atoms with E-state index in [1.807, 2.05) is 0 Å². The van der Waals surface area contributed by atoms with E-state index in [1.54, 1.807) is 0 Å². The van der Waals surface area contributed by atoms with Gasteiger partial charge in [-0.2, -0.15) is 0 Å². The average molecular weight is 338 g/mol. The normalized spacial score (nSPS) is 11.5. The zero-order chi connectivity index (χ0) is 17.7. The summed E-state index contributed by atoms with van der Waals surface area (Å²) in [7, 11) is 0. The minimum absolute atomic E-state index is 0.468. The van der Waals surface area contributed by atoms with Crippen molar-refractivity contribution in [2.75, 3.05) is 6.61 Å². The average Bonchev–Trinajstić information content (AvgIpc) is 2.56. The molecule has 0 aliphatic heterocycles. The van der Waals surface area contributed by atoms with E-state index in [9.17, 15) is 4.79 Å². The third-order valence-corrected chi connectivity index (χ3v) is 4.09. The maximum atomic E-state index is 10.4. The second-order valence-electron chi connectivity index (χ2n) is 6.46. The van der Waals surface area contributed by atoms with Gasteiger partial charge in [-0.3, -0.25) is 0 Å². The fourth-order valence-electron chi connectivity index (χ4n) is 2.62. The minimum atomic E-state index is -0.660. The zero-order valence-electron chi connectivity index (χ0n) is 15.8. The molecule has 2 N–H and O–H groups in total. The molecule has 0 spiro atoms. The zero-order valence-corrected chi connectivity index (χ0v) is 15.8. The Kier molecular flexibility index (Phi) is 18.8. The van der Waals surface area contributed by atoms with Gasteiger partial charge in [-0.15, -0.1) is 0 Å². The number of primary amides is 1. The molecule has 1 amide bonds. The number of carbonyl (C=O) groups excluding carboxylic acids is 1. The molecule has 0 bridgehead atoms. The molecule has 24 heavy (non-hydrogen) atoms. The fourth-order valence-corrected chi connectivity index (χ4v) is 2.62. The Morgan fingerprint density at radius 2 is 1.25 bits per heavy atom. The molecule has 0 aromatic carbocycles. The van der Waals surface area contributed by atoms with Crippen molar-refractivity contribution in [3.8, 4) is 0 Å². The molecule has 0 aliphatic carbocycles. The number of rotatable bonds is 17. The fraction of sp³-hybridized carbons (Fsp3) is 0.762. The Balaban J connectivity index is 3.14. The highest BCUT2D eigenvalue weighted by Crippen LogP contribution is 2.10. The SMILES string of the molecule is CCCCCC=CCC=CCCCCCCCCCCOC(N)=O. The van der Waals surface area contributed by atoms with Gasteiger partial charge in [0.15, 0.2) is 0 Å². The van der Waals surface area contributed by atoms with E-state index < -0.39 is 6.09 Å². The van der Waals surface area contributed by atoms with Crippen LogP contribution < -0.4 is 5.73 Å². The Morgan fingerprint density at radius 1 is 0.750 bits per heavy atom. The molecule has 0 aromatic rings. The lowest BCUT2D eigenvalue weighted by Gasteiger charge is -2.02. The van der Waals surface area contributed by atoms with Crippen molar-refractivity contribution in [1.29, 1.82) is 0 Å². The Hall–Kier alpha value is -1.25. The summed E-state index contributed by atoms with van der Waals surface area (Å²) in [5, 5.41) is 0. The molecule has 0 rings (SSSR count). The van der Waals surface area contributed by atoms with Crippen LogP contribution in [-0.4, -0.2) is 12.7 Å². The molecule has 0 fully saturated rings. The van der Waals surface area contributed by atoms with Gasteiger partial charge in [0, 0.05) is 0 Å². The van der Waals surface area contributed by atoms with Gasteiger partial charge in [0.1, 0.15) is 0 Å². The van der Waals surface area contributed by atoms with Crippen molar-refractivity contribution < 1.29 is 9.53 Å². The van der Waals surface area contributed by atoms with Crippen molar-refractivity contribution in [2.24, 2.45) is 5.73 Å². The number of allylic oxidation sites excluding steroid dienone is 4. The molecule has 0 heterocycles. The first-order valence-electron chi connectivity index (χ1n) is 9.99. The van der Waals surface area contributed by atoms with Crippen LogP contribution in [-0.2, 0) is 4.74 Å². The molecule has 0 saturated heterocycles. The van der Waals surface area contributed by atoms with Crippen LogP contribution in [0.15, 0.2) is 24.3 Å². The van der Waals surface area contributed by atoms with Crippen molar-refractivity contribution in [3.05, 3.63) is 24.3 Å². The van der Waals surface area contributed by atoms with E-state index in [4.69, 9.17) is 10.5 Å². The lowest BCUT2D eigenvalue weighted by atomic mass is 10.1. The first-order valence-corrected chi connectivity index (χ1v) is 9.99. The van der Waals surface area contributed by atoms with Gasteiger partial charge in [-0.1, -0.05) is 82.6 Å². The highest BCUT2D eigenvalue weighted by Gasteiger charge is 1.94. The summed E-state index contributed by atoms with van der Waals surface area (Å²) >= 11 is 0. The van der Waals surface area contributed by atoms with Crippen LogP contribution in [0.3, 0.4) is 0 Å². The number of carbonyl (C=O) groups is 1. The molecule has 3 nitrogen and oxygen atoms in total. The predicted molar refractivity (Wildman–Crippen MR) is 104 cm³/mol. The minimum Gasteiger partial charge on any atom is -0.450 e. The molecular formula is C21H39NO2. The van der Waals surface area contributed by atoms with Crippen molar-refractivity contribution in [3.63, 3.8) is 0 Å². The number of ether oxygens (including phenoxy) is 1. The van der Waals surface area contributed by atoms with Gasteiger partial charge in [0.2, 0.25) is 0 Å². The van der Waals surface area contributed by atoms with E-state index in [0.29, 0.717) is 6.61 Å². The highest BCUT2D eigenvalue weighted by molar-refractivity contribution is 5.64. The summed E-state index contributed by atoms with van der Waals surface area (Å²) in [6.07, 6.45) is 26.0. The molecular weight excluding hydrogens is 298 g/mol. The summed E-state index contributed by atoms with van der Waals surface area (Å²) in [6.45, 7) is 2.71. The van der Waals surface area contributed by atoms with Crippen LogP contribution in [0, 0.1) is 0 Å². The molecule has 140 valence electrons. The molecule has 0 saturated carbocycles. The van der Waals surface area contributed by atoms with E-state index in [2.05, 4.69) is 31.2 Å². The van der Waals surface area contributed by atoms with Crippen LogP contribution in [0.5, 0.6) is 0 Å². The molecule has 3 heteroatoms. The Labute approximate surface area is 149 Å². The second kappa shape index (κ2) is 19.8. The van der Waals surface area contributed by atoms with Crippen LogP contribution in [0.1, 0.15) is 96.8 Å². The largest absolute Gasteiger partial charge is 0.450 e. The summed E-state index contributed by atoms with van der Waals surface area (Å²) < 4.78 is 4.70. The Morgan fingerprint density at radius 3 is 1.79 bits per heavy atom. The first kappa shape index (κ1) is 22.8. The third-order valence-electron chi connectivity index (χ3n) is 4.09. The van der Waals surface area contributed by atoms with Gasteiger partial charge >= 0.3 is 6.09 Å². The van der Waals surface area contributed by atoms with E-state index >= 15 is 0 Å². The van der Waals surface area contributed by atoms with E-state index in [1.165, 1.54) is 70.6 Å². The summed E-state index contributed by atoms with van der Waals surface area (Å²) in [5.41, 5.74) is 4.90. The van der Waals surface area contributed by atoms with Crippen molar-refractivity contribution in [2.45, 2.75) is 96.8 Å². The van der Waals surface area contributed by atoms with E-state index in [0.717, 1.165) is 19.3 Å². The van der Waals surface area contributed by atoms with Gasteiger partial charge in [0.05, 0.1) is 6.61 Å². The summed E-state index contributed by atoms with van der Waals surface area (Å²) in [5.74, 6) is 0. The van der Waals surface area contributed by atoms with Gasteiger partial charge in [0.25, 0.3) is 0 Å². The number of unbranched alkanes of at least 4 members (excludes halogenated alkanes) is 11. The topological polar surface area (TPSA) is 52.3 Å². The van der Waals surface area contributed by atoms with Crippen LogP contribution in [0.25, 0.3) is 0 Å². The Bertz CT molecular complexity index is 324. The quantitative estimate of drug-likeness (QED) is 0.238. The molecule has 0 radical (unpaired) electrons. The summed E-state index contributed by atoms with van der Waals surface area (Å²) in [6, 6.07) is 0. The van der Waals surface area contributed by atoms with Gasteiger partial charge in [-0.05, 0) is 38.5 Å². The molecule has 0 atom stereocenters. The highest BCUT2D eigenvalue weighted by atomic mass is 16.5. The predicted octanol–water partition coefficient (Wildman–Crippen LogP) is 6.68. The van der Waals surface area contributed by atoms with Gasteiger partial charge in [-0.25, -0.2) is 4.79 Å². The van der Waals surface area contributed by atoms with Crippen LogP contribution in [0.4, 0.5) is 4.79 Å². The smallest absolute Gasteiger partial charge is 0.404 e. The molecule has 0 aliphatic rings. The number of nitrogens with two attached hydrogens (primary N) is 1. The molecule has 0 aromatic heterocycles. The number of amides is 1. The molecule has 0 unspecified atom stereocenters. The maximum absolute atomic E-state index is 10.4. The number of hydrogen-bond acceptors (Lipinski definition) is 2. The second-order valence-corrected chi connectivity index (χ2v) is 6.46. The van der Waals surface area contributed by atoms with E-state index in [-0.39, 0.29) is 0 Å². The first-order chi connectivity index (χ1) is 11.8. The number of hydrogen-bond donors (Lipinski definition) is 1. The lowest BCUT2D eigenvalue weighted by Crippen LogP contribution is -2.13. The third kappa shape index (κ3) is 20.8. The van der Waals surface area contributed by atoms with Crippen LogP contribution in [0.2, 0.25) is 0 Å². The monoisotopic (exact) mass is 337 g/mol. The standard InChI is InChI=1S/C21H39NO2/c1-2-3-4-5-6-7-8-9-10-11-12-13-14-15-16-17-18-19-20-24-21(22)23/h6-7,9-10H,2-5,8,11-20H2,1H3,(H2,22,23). The maximum Gasteiger partial charge on any atom is 0.404 e.